The first-order valence-electron chi connectivity index (χ1n) is 7.87. The summed E-state index contributed by atoms with van der Waals surface area (Å²) in [7, 11) is 0. The number of hydrogen-bond acceptors (Lipinski definition) is 2. The van der Waals surface area contributed by atoms with Gasteiger partial charge >= 0.3 is 21.7 Å². The fourth-order valence-electron chi connectivity index (χ4n) is 2.75. The van der Waals surface area contributed by atoms with Crippen molar-refractivity contribution in [3.63, 3.8) is 0 Å². The van der Waals surface area contributed by atoms with Crippen molar-refractivity contribution in [2.75, 3.05) is 6.61 Å². The molecule has 133 valence electrons. The summed E-state index contributed by atoms with van der Waals surface area (Å²) in [6.07, 6.45) is 15.3. The molecule has 2 aliphatic carbocycles. The zero-order chi connectivity index (χ0) is 15.5. The molecule has 0 fully saturated rings. The molecular formula is C19H27Cl2OSTi. The molecule has 0 N–H and O–H groups in total. The van der Waals surface area contributed by atoms with Gasteiger partial charge in [-0.15, -0.1) is 18.2 Å². The van der Waals surface area contributed by atoms with Crippen molar-refractivity contribution in [1.82, 2.24) is 0 Å². The number of thioether (sulfide) groups is 1. The summed E-state index contributed by atoms with van der Waals surface area (Å²) in [6, 6.07) is 0. The average Bonchev–Trinajstić information content (AvgIpc) is 2.91. The van der Waals surface area contributed by atoms with E-state index >= 15 is 0 Å². The van der Waals surface area contributed by atoms with Crippen LogP contribution in [0.4, 0.5) is 0 Å². The molecule has 1 nitrogen and oxygen atoms in total. The maximum atomic E-state index is 6.42. The number of ether oxygens (including phenoxy) is 1. The molecule has 0 aliphatic heterocycles. The summed E-state index contributed by atoms with van der Waals surface area (Å²) >= 11 is 1.84. The van der Waals surface area contributed by atoms with E-state index in [4.69, 9.17) is 4.74 Å². The minimum atomic E-state index is -0.273. The number of halogens is 2. The number of allylic oxidation sites excluding steroid dienone is 5. The summed E-state index contributed by atoms with van der Waals surface area (Å²) < 4.78 is 6.42. The molecule has 1 atom stereocenters. The topological polar surface area (TPSA) is 9.23 Å². The van der Waals surface area contributed by atoms with Gasteiger partial charge in [-0.2, -0.15) is 11.0 Å². The SMILES string of the molecule is CCCOC1(SC2=[C-]CC=C2)CC=C(C)C=C1C(C)(C)C.[Cl-].[Cl-].[Ti+3]. The summed E-state index contributed by atoms with van der Waals surface area (Å²) in [5, 5.41) is 0. The average molecular weight is 422 g/mol. The molecule has 0 aromatic heterocycles. The monoisotopic (exact) mass is 421 g/mol. The second-order valence-electron chi connectivity index (χ2n) is 6.81. The van der Waals surface area contributed by atoms with Crippen LogP contribution < -0.4 is 24.8 Å². The first-order valence-corrected chi connectivity index (χ1v) is 8.69. The van der Waals surface area contributed by atoms with Crippen molar-refractivity contribution in [2.45, 2.75) is 58.8 Å². The van der Waals surface area contributed by atoms with Gasteiger partial charge < -0.3 is 29.6 Å². The van der Waals surface area contributed by atoms with Crippen molar-refractivity contribution in [3.8, 4) is 0 Å². The molecule has 2 rings (SSSR count). The molecule has 24 heavy (non-hydrogen) atoms. The normalized spacial score (nSPS) is 22.5. The second-order valence-corrected chi connectivity index (χ2v) is 8.11. The minimum absolute atomic E-state index is 0. The van der Waals surface area contributed by atoms with Crippen molar-refractivity contribution >= 4 is 11.8 Å². The molecule has 0 aromatic carbocycles. The molecule has 0 amide bonds. The molecule has 0 saturated carbocycles. The van der Waals surface area contributed by atoms with Gasteiger partial charge in [0.05, 0.1) is 0 Å². The quantitative estimate of drug-likeness (QED) is 0.346. The number of rotatable bonds is 5. The smallest absolute Gasteiger partial charge is 1.00 e. The summed E-state index contributed by atoms with van der Waals surface area (Å²) in [5.74, 6) is 0. The zero-order valence-electron chi connectivity index (χ0n) is 15.2. The Bertz CT molecular complexity index is 518. The third-order valence-electron chi connectivity index (χ3n) is 3.76. The molecule has 0 spiro atoms. The first kappa shape index (κ1) is 26.8. The molecule has 5 heteroatoms. The Morgan fingerprint density at radius 1 is 1.29 bits per heavy atom. The molecule has 0 saturated heterocycles. The number of hydrogen-bond donors (Lipinski definition) is 0. The van der Waals surface area contributed by atoms with E-state index in [0.717, 1.165) is 25.9 Å². The molecule has 0 bridgehead atoms. The van der Waals surface area contributed by atoms with Crippen LogP contribution in [0.15, 0.2) is 40.4 Å². The van der Waals surface area contributed by atoms with Crippen LogP contribution in [0.1, 0.15) is 53.9 Å². The zero-order valence-corrected chi connectivity index (χ0v) is 19.1. The molecule has 2 aliphatic rings. The van der Waals surface area contributed by atoms with E-state index in [2.05, 4.69) is 65.0 Å². The van der Waals surface area contributed by atoms with Crippen LogP contribution in [-0.4, -0.2) is 11.5 Å². The Morgan fingerprint density at radius 2 is 1.96 bits per heavy atom. The van der Waals surface area contributed by atoms with E-state index in [-0.39, 0.29) is 56.9 Å². The standard InChI is InChI=1S/C19H27OS.2ClH.Ti/c1-6-13-20-19(21-16-9-7-8-10-16)12-11-15(2)14-17(19)18(3,4)5;;;/h7,9,11,14H,6,8,12-13H2,1-5H3;2*1H;/q-1;;;+3/p-2. The Kier molecular flexibility index (Phi) is 12.6. The minimum Gasteiger partial charge on any atom is -1.00 e. The third kappa shape index (κ3) is 6.70. The molecular weight excluding hydrogens is 395 g/mol. The predicted molar refractivity (Wildman–Crippen MR) is 93.0 cm³/mol. The maximum absolute atomic E-state index is 6.42. The Morgan fingerprint density at radius 3 is 2.46 bits per heavy atom. The first-order chi connectivity index (χ1) is 9.87. The molecule has 0 aromatic rings. The maximum Gasteiger partial charge on any atom is 3.00 e. The summed E-state index contributed by atoms with van der Waals surface area (Å²) in [4.78, 5) is 0.944. The summed E-state index contributed by atoms with van der Waals surface area (Å²) in [6.45, 7) is 12.0. The van der Waals surface area contributed by atoms with Crippen molar-refractivity contribution in [3.05, 3.63) is 46.4 Å². The van der Waals surface area contributed by atoms with Gasteiger partial charge in [-0.05, 0) is 24.3 Å². The van der Waals surface area contributed by atoms with Crippen LogP contribution in [0, 0.1) is 11.5 Å². The van der Waals surface area contributed by atoms with E-state index in [1.807, 2.05) is 11.8 Å². The van der Waals surface area contributed by atoms with Crippen LogP contribution in [-0.2, 0) is 26.5 Å². The van der Waals surface area contributed by atoms with Crippen LogP contribution in [0.3, 0.4) is 0 Å². The van der Waals surface area contributed by atoms with Crippen molar-refractivity contribution < 1.29 is 51.3 Å². The Balaban J connectivity index is 0. The van der Waals surface area contributed by atoms with Crippen molar-refractivity contribution in [1.29, 1.82) is 0 Å². The van der Waals surface area contributed by atoms with Gasteiger partial charge in [0.1, 0.15) is 4.93 Å². The van der Waals surface area contributed by atoms with E-state index in [9.17, 15) is 0 Å². The van der Waals surface area contributed by atoms with Gasteiger partial charge in [0, 0.05) is 13.0 Å². The van der Waals surface area contributed by atoms with Crippen LogP contribution in [0.5, 0.6) is 0 Å². The molecule has 0 heterocycles. The third-order valence-corrected chi connectivity index (χ3v) is 5.10. The second kappa shape index (κ2) is 11.3. The fourth-order valence-corrected chi connectivity index (χ4v) is 4.21. The molecule has 1 radical (unpaired) electrons. The largest absolute Gasteiger partial charge is 3.00 e. The van der Waals surface area contributed by atoms with Gasteiger partial charge in [0.25, 0.3) is 0 Å². The van der Waals surface area contributed by atoms with Gasteiger partial charge in [-0.25, -0.2) is 6.08 Å². The van der Waals surface area contributed by atoms with E-state index < -0.39 is 0 Å². The van der Waals surface area contributed by atoms with Crippen LogP contribution in [0.25, 0.3) is 0 Å². The van der Waals surface area contributed by atoms with Crippen molar-refractivity contribution in [2.24, 2.45) is 5.41 Å². The molecule has 1 unspecified atom stereocenters. The predicted octanol–water partition coefficient (Wildman–Crippen LogP) is -0.183. The fraction of sp³-hybridized carbons (Fsp3) is 0.579. The van der Waals surface area contributed by atoms with Crippen LogP contribution in [0.2, 0.25) is 0 Å². The van der Waals surface area contributed by atoms with E-state index in [1.165, 1.54) is 16.1 Å². The Hall–Kier alpha value is 0.564. The summed E-state index contributed by atoms with van der Waals surface area (Å²) in [5.41, 5.74) is 2.83. The Labute approximate surface area is 179 Å². The van der Waals surface area contributed by atoms with Gasteiger partial charge in [0.2, 0.25) is 0 Å². The van der Waals surface area contributed by atoms with Gasteiger partial charge in [0.15, 0.2) is 0 Å². The van der Waals surface area contributed by atoms with Gasteiger partial charge in [-0.3, -0.25) is 6.08 Å². The van der Waals surface area contributed by atoms with E-state index in [1.54, 1.807) is 0 Å². The van der Waals surface area contributed by atoms with E-state index in [0.29, 0.717) is 0 Å². The van der Waals surface area contributed by atoms with Gasteiger partial charge in [-0.1, -0.05) is 45.4 Å². The van der Waals surface area contributed by atoms with Crippen LogP contribution >= 0.6 is 11.8 Å².